The van der Waals surface area contributed by atoms with Gasteiger partial charge in [-0.2, -0.15) is 0 Å². The highest BCUT2D eigenvalue weighted by molar-refractivity contribution is 9.10. The van der Waals surface area contributed by atoms with E-state index in [0.29, 0.717) is 13.2 Å². The Morgan fingerprint density at radius 1 is 1.10 bits per heavy atom. The lowest BCUT2D eigenvalue weighted by Crippen LogP contribution is -2.46. The fourth-order valence-electron chi connectivity index (χ4n) is 2.91. The first-order chi connectivity index (χ1) is 9.63. The van der Waals surface area contributed by atoms with E-state index in [1.54, 1.807) is 0 Å². The normalized spacial score (nSPS) is 28.1. The minimum Gasteiger partial charge on any atom is -0.372 e. The summed E-state index contributed by atoms with van der Waals surface area (Å²) < 4.78 is 18.2. The molecule has 2 heterocycles. The SMILES string of the molecule is CC1CN(c2ccc(Br)cc2C2OCCO2)CC(C)O1. The molecule has 110 valence electrons. The Morgan fingerprint density at radius 3 is 2.40 bits per heavy atom. The van der Waals surface area contributed by atoms with Gasteiger partial charge >= 0.3 is 0 Å². The molecule has 2 unspecified atom stereocenters. The molecule has 1 aromatic carbocycles. The third kappa shape index (κ3) is 3.01. The molecule has 0 radical (unpaired) electrons. The molecule has 1 aromatic rings. The number of morpholine rings is 1. The molecule has 0 amide bonds. The van der Waals surface area contributed by atoms with Gasteiger partial charge < -0.3 is 19.1 Å². The number of anilines is 1. The summed E-state index contributed by atoms with van der Waals surface area (Å²) in [5, 5.41) is 0. The van der Waals surface area contributed by atoms with Crippen LogP contribution in [0.1, 0.15) is 25.7 Å². The summed E-state index contributed by atoms with van der Waals surface area (Å²) in [4.78, 5) is 2.37. The number of halogens is 1. The van der Waals surface area contributed by atoms with Crippen molar-refractivity contribution < 1.29 is 14.2 Å². The second-order valence-corrected chi connectivity index (χ2v) is 6.35. The molecule has 0 saturated carbocycles. The molecule has 4 nitrogen and oxygen atoms in total. The van der Waals surface area contributed by atoms with Crippen molar-refractivity contribution in [2.24, 2.45) is 0 Å². The van der Waals surface area contributed by atoms with Gasteiger partial charge in [0.25, 0.3) is 0 Å². The van der Waals surface area contributed by atoms with Crippen LogP contribution in [0.25, 0.3) is 0 Å². The van der Waals surface area contributed by atoms with Gasteiger partial charge in [0.2, 0.25) is 0 Å². The zero-order valence-electron chi connectivity index (χ0n) is 11.8. The van der Waals surface area contributed by atoms with E-state index in [-0.39, 0.29) is 18.5 Å². The molecule has 3 rings (SSSR count). The molecule has 0 N–H and O–H groups in total. The molecule has 2 saturated heterocycles. The van der Waals surface area contributed by atoms with Crippen molar-refractivity contribution in [1.82, 2.24) is 0 Å². The molecule has 0 aromatic heterocycles. The number of rotatable bonds is 2. The third-order valence-electron chi connectivity index (χ3n) is 3.63. The lowest BCUT2D eigenvalue weighted by Gasteiger charge is -2.38. The summed E-state index contributed by atoms with van der Waals surface area (Å²) in [6.45, 7) is 7.34. The maximum Gasteiger partial charge on any atom is 0.186 e. The van der Waals surface area contributed by atoms with Crippen LogP contribution in [0.3, 0.4) is 0 Å². The van der Waals surface area contributed by atoms with Crippen LogP contribution in [-0.2, 0) is 14.2 Å². The summed E-state index contributed by atoms with van der Waals surface area (Å²) >= 11 is 3.54. The van der Waals surface area contributed by atoms with E-state index in [1.807, 2.05) is 0 Å². The Bertz CT molecular complexity index is 466. The Morgan fingerprint density at radius 2 is 1.75 bits per heavy atom. The molecule has 2 fully saturated rings. The van der Waals surface area contributed by atoms with Gasteiger partial charge in [0.1, 0.15) is 0 Å². The van der Waals surface area contributed by atoms with Crippen LogP contribution in [0.15, 0.2) is 22.7 Å². The number of nitrogens with zero attached hydrogens (tertiary/aromatic N) is 1. The predicted octanol–water partition coefficient (Wildman–Crippen LogP) is 3.11. The van der Waals surface area contributed by atoms with Crippen LogP contribution in [0.5, 0.6) is 0 Å². The fraction of sp³-hybridized carbons (Fsp3) is 0.600. The van der Waals surface area contributed by atoms with Gasteiger partial charge in [-0.05, 0) is 32.0 Å². The van der Waals surface area contributed by atoms with Crippen LogP contribution in [0.2, 0.25) is 0 Å². The first-order valence-electron chi connectivity index (χ1n) is 7.06. The van der Waals surface area contributed by atoms with E-state index in [1.165, 1.54) is 5.69 Å². The van der Waals surface area contributed by atoms with E-state index in [9.17, 15) is 0 Å². The first kappa shape index (κ1) is 14.3. The Kier molecular flexibility index (Phi) is 4.31. The zero-order valence-corrected chi connectivity index (χ0v) is 13.4. The van der Waals surface area contributed by atoms with E-state index < -0.39 is 0 Å². The Labute approximate surface area is 128 Å². The quantitative estimate of drug-likeness (QED) is 0.826. The van der Waals surface area contributed by atoms with E-state index in [4.69, 9.17) is 14.2 Å². The highest BCUT2D eigenvalue weighted by Gasteiger charge is 2.28. The summed E-state index contributed by atoms with van der Waals surface area (Å²) in [7, 11) is 0. The smallest absolute Gasteiger partial charge is 0.186 e. The van der Waals surface area contributed by atoms with Crippen molar-refractivity contribution in [3.8, 4) is 0 Å². The van der Waals surface area contributed by atoms with Crippen molar-refractivity contribution in [2.45, 2.75) is 32.3 Å². The molecule has 2 aliphatic rings. The lowest BCUT2D eigenvalue weighted by molar-refractivity contribution is -0.0444. The molecule has 0 spiro atoms. The van der Waals surface area contributed by atoms with Gasteiger partial charge in [-0.1, -0.05) is 15.9 Å². The Balaban J connectivity index is 1.91. The molecule has 20 heavy (non-hydrogen) atoms. The standard InChI is InChI=1S/C15H20BrNO3/c1-10-8-17(9-11(2)20-10)14-4-3-12(16)7-13(14)15-18-5-6-19-15/h3-4,7,10-11,15H,5-6,8-9H2,1-2H3. The van der Waals surface area contributed by atoms with Gasteiger partial charge in [0.05, 0.1) is 25.4 Å². The minimum absolute atomic E-state index is 0.237. The van der Waals surface area contributed by atoms with Gasteiger partial charge in [0, 0.05) is 28.8 Å². The first-order valence-corrected chi connectivity index (χ1v) is 7.86. The molecule has 0 aliphatic carbocycles. The van der Waals surface area contributed by atoms with Crippen molar-refractivity contribution >= 4 is 21.6 Å². The van der Waals surface area contributed by atoms with Crippen LogP contribution in [0, 0.1) is 0 Å². The van der Waals surface area contributed by atoms with Gasteiger partial charge in [0.15, 0.2) is 6.29 Å². The van der Waals surface area contributed by atoms with E-state index >= 15 is 0 Å². The van der Waals surface area contributed by atoms with Crippen LogP contribution in [0.4, 0.5) is 5.69 Å². The fourth-order valence-corrected chi connectivity index (χ4v) is 3.29. The second-order valence-electron chi connectivity index (χ2n) is 5.44. The van der Waals surface area contributed by atoms with Crippen molar-refractivity contribution in [2.75, 3.05) is 31.2 Å². The minimum atomic E-state index is -0.254. The van der Waals surface area contributed by atoms with Crippen LogP contribution < -0.4 is 4.90 Å². The molecule has 2 aliphatic heterocycles. The topological polar surface area (TPSA) is 30.9 Å². The van der Waals surface area contributed by atoms with Crippen molar-refractivity contribution in [3.63, 3.8) is 0 Å². The molecular formula is C15H20BrNO3. The van der Waals surface area contributed by atoms with Crippen molar-refractivity contribution in [3.05, 3.63) is 28.2 Å². The number of ether oxygens (including phenoxy) is 3. The zero-order chi connectivity index (χ0) is 14.1. The lowest BCUT2D eigenvalue weighted by atomic mass is 10.1. The van der Waals surface area contributed by atoms with Gasteiger partial charge in [-0.15, -0.1) is 0 Å². The van der Waals surface area contributed by atoms with Crippen molar-refractivity contribution in [1.29, 1.82) is 0 Å². The summed E-state index contributed by atoms with van der Waals surface area (Å²) in [6.07, 6.45) is 0.220. The third-order valence-corrected chi connectivity index (χ3v) is 4.12. The van der Waals surface area contributed by atoms with Crippen LogP contribution >= 0.6 is 15.9 Å². The summed E-state index contributed by atoms with van der Waals surface area (Å²) in [5.74, 6) is 0. The average molecular weight is 342 g/mol. The largest absolute Gasteiger partial charge is 0.372 e. The Hall–Kier alpha value is -0.620. The van der Waals surface area contributed by atoms with Gasteiger partial charge in [-0.3, -0.25) is 0 Å². The van der Waals surface area contributed by atoms with E-state index in [2.05, 4.69) is 52.9 Å². The summed E-state index contributed by atoms with van der Waals surface area (Å²) in [6, 6.07) is 6.30. The number of benzene rings is 1. The molecule has 5 heteroatoms. The second kappa shape index (κ2) is 6.02. The maximum absolute atomic E-state index is 5.81. The van der Waals surface area contributed by atoms with E-state index in [0.717, 1.165) is 23.1 Å². The molecule has 2 atom stereocenters. The number of hydrogen-bond acceptors (Lipinski definition) is 4. The summed E-state index contributed by atoms with van der Waals surface area (Å²) in [5.41, 5.74) is 2.28. The highest BCUT2D eigenvalue weighted by atomic mass is 79.9. The highest BCUT2D eigenvalue weighted by Crippen LogP contribution is 2.35. The molecular weight excluding hydrogens is 322 g/mol. The monoisotopic (exact) mass is 341 g/mol. The number of hydrogen-bond donors (Lipinski definition) is 0. The molecule has 0 bridgehead atoms. The van der Waals surface area contributed by atoms with Crippen LogP contribution in [-0.4, -0.2) is 38.5 Å². The average Bonchev–Trinajstić information content (AvgIpc) is 2.91. The predicted molar refractivity (Wildman–Crippen MR) is 81.0 cm³/mol. The van der Waals surface area contributed by atoms with Gasteiger partial charge in [-0.25, -0.2) is 0 Å². The maximum atomic E-state index is 5.81.